The maximum Gasteiger partial charge on any atom is 0.212 e. The second-order valence-corrected chi connectivity index (χ2v) is 3.94. The fraction of sp³-hybridized carbons (Fsp3) is 0.545. The van der Waals surface area contributed by atoms with Crippen LogP contribution in [-0.4, -0.2) is 24.6 Å². The molecule has 0 spiro atoms. The molecule has 2 atom stereocenters. The molecule has 15 heavy (non-hydrogen) atoms. The molecule has 0 aromatic carbocycles. The van der Waals surface area contributed by atoms with Gasteiger partial charge in [-0.2, -0.15) is 0 Å². The lowest BCUT2D eigenvalue weighted by molar-refractivity contribution is 0.0948. The van der Waals surface area contributed by atoms with Crippen molar-refractivity contribution in [3.05, 3.63) is 23.9 Å². The molecule has 1 aromatic heterocycles. The molecule has 1 fully saturated rings. The fourth-order valence-electron chi connectivity index (χ4n) is 1.84. The van der Waals surface area contributed by atoms with Gasteiger partial charge in [0, 0.05) is 30.7 Å². The first kappa shape index (κ1) is 10.7. The molecule has 1 aromatic rings. The molecule has 0 N–H and O–H groups in total. The van der Waals surface area contributed by atoms with Gasteiger partial charge in [-0.25, -0.2) is 4.98 Å². The Labute approximate surface area is 94.4 Å². The number of methoxy groups -OCH3 is 1. The van der Waals surface area contributed by atoms with Crippen LogP contribution in [0.5, 0.6) is 5.88 Å². The first-order chi connectivity index (χ1) is 7.35. The van der Waals surface area contributed by atoms with E-state index in [1.165, 1.54) is 0 Å². The Balaban J connectivity index is 2.14. The molecule has 2 rings (SSSR count). The van der Waals surface area contributed by atoms with E-state index < -0.39 is 0 Å². The summed E-state index contributed by atoms with van der Waals surface area (Å²) in [6, 6.07) is 3.84. The van der Waals surface area contributed by atoms with Crippen molar-refractivity contribution >= 4 is 11.6 Å². The van der Waals surface area contributed by atoms with Crippen molar-refractivity contribution in [3.63, 3.8) is 0 Å². The molecule has 2 unspecified atom stereocenters. The number of hydrogen-bond acceptors (Lipinski definition) is 3. The van der Waals surface area contributed by atoms with Gasteiger partial charge in [0.05, 0.1) is 13.2 Å². The normalized spacial score (nSPS) is 25.5. The van der Waals surface area contributed by atoms with Crippen LogP contribution in [0.25, 0.3) is 0 Å². The van der Waals surface area contributed by atoms with Gasteiger partial charge in [-0.3, -0.25) is 0 Å². The van der Waals surface area contributed by atoms with E-state index in [1.54, 1.807) is 13.3 Å². The Morgan fingerprint density at radius 3 is 3.07 bits per heavy atom. The molecule has 0 amide bonds. The number of rotatable bonds is 3. The standard InChI is InChI=1S/C11H14ClNO2/c1-14-10-3-2-9(7-13-10)11-8(6-12)4-5-15-11/h2-3,7-8,11H,4-6H2,1H3. The lowest BCUT2D eigenvalue weighted by atomic mass is 9.98. The molecule has 4 heteroatoms. The maximum absolute atomic E-state index is 5.89. The predicted molar refractivity (Wildman–Crippen MR) is 58.3 cm³/mol. The summed E-state index contributed by atoms with van der Waals surface area (Å²) in [7, 11) is 1.61. The summed E-state index contributed by atoms with van der Waals surface area (Å²) < 4.78 is 10.7. The summed E-state index contributed by atoms with van der Waals surface area (Å²) in [4.78, 5) is 4.17. The third kappa shape index (κ3) is 2.24. The summed E-state index contributed by atoms with van der Waals surface area (Å²) in [5.41, 5.74) is 1.08. The smallest absolute Gasteiger partial charge is 0.212 e. The monoisotopic (exact) mass is 227 g/mol. The van der Waals surface area contributed by atoms with Gasteiger partial charge in [0.15, 0.2) is 0 Å². The first-order valence-corrected chi connectivity index (χ1v) is 5.56. The van der Waals surface area contributed by atoms with Crippen LogP contribution in [-0.2, 0) is 4.74 Å². The van der Waals surface area contributed by atoms with Crippen molar-refractivity contribution in [1.29, 1.82) is 0 Å². The first-order valence-electron chi connectivity index (χ1n) is 5.02. The zero-order valence-corrected chi connectivity index (χ0v) is 9.41. The summed E-state index contributed by atoms with van der Waals surface area (Å²) >= 11 is 5.89. The van der Waals surface area contributed by atoms with Crippen LogP contribution in [0.1, 0.15) is 18.1 Å². The Hall–Kier alpha value is -0.800. The van der Waals surface area contributed by atoms with E-state index in [4.69, 9.17) is 21.1 Å². The van der Waals surface area contributed by atoms with Crippen LogP contribution in [0.4, 0.5) is 0 Å². The maximum atomic E-state index is 5.89. The van der Waals surface area contributed by atoms with Crippen LogP contribution >= 0.6 is 11.6 Å². The van der Waals surface area contributed by atoms with Crippen molar-refractivity contribution in [2.45, 2.75) is 12.5 Å². The highest BCUT2D eigenvalue weighted by Gasteiger charge is 2.28. The van der Waals surface area contributed by atoms with E-state index >= 15 is 0 Å². The minimum Gasteiger partial charge on any atom is -0.481 e. The van der Waals surface area contributed by atoms with Crippen LogP contribution in [0.15, 0.2) is 18.3 Å². The number of ether oxygens (including phenoxy) is 2. The van der Waals surface area contributed by atoms with E-state index in [0.29, 0.717) is 17.7 Å². The number of alkyl halides is 1. The highest BCUT2D eigenvalue weighted by molar-refractivity contribution is 6.18. The summed E-state index contributed by atoms with van der Waals surface area (Å²) in [6.45, 7) is 0.786. The van der Waals surface area contributed by atoms with Crippen LogP contribution in [0.3, 0.4) is 0 Å². The van der Waals surface area contributed by atoms with Gasteiger partial charge in [-0.15, -0.1) is 11.6 Å². The molecular formula is C11H14ClNO2. The quantitative estimate of drug-likeness (QED) is 0.744. The molecule has 2 heterocycles. The van der Waals surface area contributed by atoms with E-state index in [-0.39, 0.29) is 6.10 Å². The molecule has 82 valence electrons. The number of nitrogens with zero attached hydrogens (tertiary/aromatic N) is 1. The van der Waals surface area contributed by atoms with Gasteiger partial charge in [0.2, 0.25) is 5.88 Å². The van der Waals surface area contributed by atoms with E-state index in [0.717, 1.165) is 18.6 Å². The molecular weight excluding hydrogens is 214 g/mol. The molecule has 0 aliphatic carbocycles. The number of hydrogen-bond donors (Lipinski definition) is 0. The predicted octanol–water partition coefficient (Wildman–Crippen LogP) is 2.41. The van der Waals surface area contributed by atoms with Gasteiger partial charge < -0.3 is 9.47 Å². The Morgan fingerprint density at radius 2 is 2.47 bits per heavy atom. The van der Waals surface area contributed by atoms with Crippen molar-refractivity contribution < 1.29 is 9.47 Å². The highest BCUT2D eigenvalue weighted by atomic mass is 35.5. The minimum atomic E-state index is 0.0981. The van der Waals surface area contributed by atoms with Crippen molar-refractivity contribution in [3.8, 4) is 5.88 Å². The molecule has 0 bridgehead atoms. The zero-order valence-electron chi connectivity index (χ0n) is 8.65. The second kappa shape index (κ2) is 4.81. The van der Waals surface area contributed by atoms with Gasteiger partial charge in [-0.05, 0) is 18.1 Å². The Morgan fingerprint density at radius 1 is 1.60 bits per heavy atom. The fourth-order valence-corrected chi connectivity index (χ4v) is 2.16. The minimum absolute atomic E-state index is 0.0981. The Kier molecular flexibility index (Phi) is 3.44. The van der Waals surface area contributed by atoms with Crippen LogP contribution in [0, 0.1) is 5.92 Å². The third-order valence-corrected chi connectivity index (χ3v) is 3.11. The molecule has 0 radical (unpaired) electrons. The number of halogens is 1. The van der Waals surface area contributed by atoms with Crippen LogP contribution < -0.4 is 4.74 Å². The van der Waals surface area contributed by atoms with Gasteiger partial charge in [0.1, 0.15) is 0 Å². The van der Waals surface area contributed by atoms with Crippen molar-refractivity contribution in [2.24, 2.45) is 5.92 Å². The average molecular weight is 228 g/mol. The largest absolute Gasteiger partial charge is 0.481 e. The van der Waals surface area contributed by atoms with Crippen molar-refractivity contribution in [1.82, 2.24) is 4.98 Å². The molecule has 1 aliphatic heterocycles. The van der Waals surface area contributed by atoms with Gasteiger partial charge in [-0.1, -0.05) is 0 Å². The summed E-state index contributed by atoms with van der Waals surface area (Å²) in [5.74, 6) is 1.66. The zero-order chi connectivity index (χ0) is 10.7. The SMILES string of the molecule is COc1ccc(C2OCCC2CCl)cn1. The van der Waals surface area contributed by atoms with E-state index in [9.17, 15) is 0 Å². The lowest BCUT2D eigenvalue weighted by Gasteiger charge is -2.16. The van der Waals surface area contributed by atoms with Crippen LogP contribution in [0.2, 0.25) is 0 Å². The molecule has 0 saturated carbocycles. The van der Waals surface area contributed by atoms with Crippen molar-refractivity contribution in [2.75, 3.05) is 19.6 Å². The number of aromatic nitrogens is 1. The van der Waals surface area contributed by atoms with Gasteiger partial charge in [0.25, 0.3) is 0 Å². The summed E-state index contributed by atoms with van der Waals surface area (Å²) in [5, 5.41) is 0. The molecule has 3 nitrogen and oxygen atoms in total. The Bertz CT molecular complexity index is 315. The van der Waals surface area contributed by atoms with E-state index in [1.807, 2.05) is 12.1 Å². The summed E-state index contributed by atoms with van der Waals surface area (Å²) in [6.07, 6.45) is 2.93. The second-order valence-electron chi connectivity index (χ2n) is 3.63. The molecule has 1 aliphatic rings. The highest BCUT2D eigenvalue weighted by Crippen LogP contribution is 2.35. The number of pyridine rings is 1. The lowest BCUT2D eigenvalue weighted by Crippen LogP contribution is -2.09. The topological polar surface area (TPSA) is 31.4 Å². The van der Waals surface area contributed by atoms with Gasteiger partial charge >= 0.3 is 0 Å². The molecule has 1 saturated heterocycles. The average Bonchev–Trinajstić information content (AvgIpc) is 2.77. The third-order valence-electron chi connectivity index (χ3n) is 2.71. The van der Waals surface area contributed by atoms with E-state index in [2.05, 4.69) is 4.98 Å².